The standard InChI is InChI=1S/C21H31NO3/c1-20-10-8-16-14(15(20)6-4-13(20)12-19(24)25)5-7-17-21(16,2)11-9-18(23)22(17)3/h12,14-17H,4-11H2,1-3H3,(H,24,25)/b13-12+. The maximum absolute atomic E-state index is 12.2. The van der Waals surface area contributed by atoms with Crippen LogP contribution in [0.2, 0.25) is 0 Å². The minimum atomic E-state index is -0.790. The summed E-state index contributed by atoms with van der Waals surface area (Å²) >= 11 is 0. The van der Waals surface area contributed by atoms with Crippen LogP contribution in [-0.4, -0.2) is 35.0 Å². The van der Waals surface area contributed by atoms with E-state index < -0.39 is 5.97 Å². The van der Waals surface area contributed by atoms with Gasteiger partial charge in [0.25, 0.3) is 0 Å². The van der Waals surface area contributed by atoms with E-state index in [-0.39, 0.29) is 10.8 Å². The van der Waals surface area contributed by atoms with Gasteiger partial charge < -0.3 is 10.0 Å². The van der Waals surface area contributed by atoms with Crippen LogP contribution in [0, 0.1) is 28.6 Å². The average Bonchev–Trinajstić information content (AvgIpc) is 2.88. The summed E-state index contributed by atoms with van der Waals surface area (Å²) in [4.78, 5) is 25.5. The van der Waals surface area contributed by atoms with Gasteiger partial charge in [-0.2, -0.15) is 0 Å². The second-order valence-electron chi connectivity index (χ2n) is 9.48. The fourth-order valence-electron chi connectivity index (χ4n) is 7.38. The molecule has 1 amide bonds. The van der Waals surface area contributed by atoms with Crippen molar-refractivity contribution in [1.29, 1.82) is 0 Å². The summed E-state index contributed by atoms with van der Waals surface area (Å²) in [6, 6.07) is 0.398. The first kappa shape index (κ1) is 17.1. The summed E-state index contributed by atoms with van der Waals surface area (Å²) in [5.74, 6) is 1.53. The first-order chi connectivity index (χ1) is 11.8. The summed E-state index contributed by atoms with van der Waals surface area (Å²) in [6.07, 6.45) is 9.93. The van der Waals surface area contributed by atoms with Crippen molar-refractivity contribution in [1.82, 2.24) is 4.90 Å². The van der Waals surface area contributed by atoms with Gasteiger partial charge in [0.1, 0.15) is 0 Å². The van der Waals surface area contributed by atoms with E-state index in [9.17, 15) is 14.7 Å². The molecule has 1 saturated heterocycles. The van der Waals surface area contributed by atoms with Crippen LogP contribution >= 0.6 is 0 Å². The lowest BCUT2D eigenvalue weighted by Crippen LogP contribution is -2.61. The number of aliphatic carboxylic acids is 1. The highest BCUT2D eigenvalue weighted by molar-refractivity contribution is 5.81. The van der Waals surface area contributed by atoms with Crippen molar-refractivity contribution in [3.63, 3.8) is 0 Å². The van der Waals surface area contributed by atoms with Crippen LogP contribution in [0.5, 0.6) is 0 Å². The number of carboxylic acids is 1. The number of hydrogen-bond donors (Lipinski definition) is 1. The van der Waals surface area contributed by atoms with E-state index >= 15 is 0 Å². The van der Waals surface area contributed by atoms with Crippen molar-refractivity contribution in [2.75, 3.05) is 7.05 Å². The van der Waals surface area contributed by atoms with Gasteiger partial charge in [-0.1, -0.05) is 19.4 Å². The molecule has 4 aliphatic rings. The Hall–Kier alpha value is -1.32. The molecule has 0 radical (unpaired) electrons. The van der Waals surface area contributed by atoms with Gasteiger partial charge in [0.15, 0.2) is 0 Å². The molecule has 1 heterocycles. The third kappa shape index (κ3) is 2.32. The number of allylic oxidation sites excluding steroid dienone is 1. The Balaban J connectivity index is 1.64. The molecule has 6 atom stereocenters. The van der Waals surface area contributed by atoms with Crippen LogP contribution in [0.1, 0.15) is 65.2 Å². The summed E-state index contributed by atoms with van der Waals surface area (Å²) < 4.78 is 0. The van der Waals surface area contributed by atoms with E-state index in [1.165, 1.54) is 24.5 Å². The van der Waals surface area contributed by atoms with Gasteiger partial charge in [-0.15, -0.1) is 0 Å². The molecule has 138 valence electrons. The topological polar surface area (TPSA) is 57.6 Å². The number of amides is 1. The molecular weight excluding hydrogens is 314 g/mol. The lowest BCUT2D eigenvalue weighted by Gasteiger charge is -2.61. The van der Waals surface area contributed by atoms with Crippen molar-refractivity contribution in [2.24, 2.45) is 28.6 Å². The highest BCUT2D eigenvalue weighted by Crippen LogP contribution is 2.65. The van der Waals surface area contributed by atoms with E-state index in [0.29, 0.717) is 36.1 Å². The maximum Gasteiger partial charge on any atom is 0.328 e. The number of carbonyl (C=O) groups excluding carboxylic acids is 1. The molecule has 0 aromatic rings. The second kappa shape index (κ2) is 5.59. The van der Waals surface area contributed by atoms with Gasteiger partial charge in [0, 0.05) is 25.6 Å². The van der Waals surface area contributed by atoms with Gasteiger partial charge in [-0.05, 0) is 73.5 Å². The van der Waals surface area contributed by atoms with Crippen molar-refractivity contribution in [2.45, 2.75) is 71.3 Å². The number of rotatable bonds is 1. The second-order valence-corrected chi connectivity index (χ2v) is 9.48. The number of piperidine rings is 1. The average molecular weight is 345 g/mol. The molecule has 1 N–H and O–H groups in total. The molecule has 25 heavy (non-hydrogen) atoms. The Kier molecular flexibility index (Phi) is 3.82. The number of hydrogen-bond acceptors (Lipinski definition) is 2. The largest absolute Gasteiger partial charge is 0.478 e. The minimum absolute atomic E-state index is 0.0825. The zero-order valence-electron chi connectivity index (χ0n) is 15.8. The molecule has 0 aromatic carbocycles. The Bertz CT molecular complexity index is 641. The first-order valence-electron chi connectivity index (χ1n) is 9.97. The molecule has 4 rings (SSSR count). The van der Waals surface area contributed by atoms with Gasteiger partial charge in [0.05, 0.1) is 0 Å². The smallest absolute Gasteiger partial charge is 0.328 e. The molecule has 0 bridgehead atoms. The van der Waals surface area contributed by atoms with Crippen LogP contribution in [0.4, 0.5) is 0 Å². The van der Waals surface area contributed by atoms with Crippen LogP contribution in [-0.2, 0) is 9.59 Å². The first-order valence-corrected chi connectivity index (χ1v) is 9.97. The third-order valence-electron chi connectivity index (χ3n) is 8.70. The molecule has 4 heteroatoms. The van der Waals surface area contributed by atoms with E-state index in [4.69, 9.17) is 0 Å². The molecule has 3 saturated carbocycles. The van der Waals surface area contributed by atoms with Crippen molar-refractivity contribution < 1.29 is 14.7 Å². The maximum atomic E-state index is 12.2. The number of nitrogens with zero attached hydrogens (tertiary/aromatic N) is 1. The van der Waals surface area contributed by atoms with Crippen molar-refractivity contribution in [3.05, 3.63) is 11.6 Å². The fourth-order valence-corrected chi connectivity index (χ4v) is 7.38. The molecule has 3 aliphatic carbocycles. The number of likely N-dealkylation sites (tertiary alicyclic amines) is 1. The Morgan fingerprint density at radius 3 is 2.60 bits per heavy atom. The SMILES string of the molecule is CN1C(=O)CCC2(C)C3CCC4(C)/C(=C/C(=O)O)CCC4C3CCC12. The monoisotopic (exact) mass is 345 g/mol. The van der Waals surface area contributed by atoms with Crippen LogP contribution < -0.4 is 0 Å². The predicted octanol–water partition coefficient (Wildman–Crippen LogP) is 3.86. The van der Waals surface area contributed by atoms with Gasteiger partial charge in [-0.25, -0.2) is 4.79 Å². The zero-order chi connectivity index (χ0) is 18.0. The van der Waals surface area contributed by atoms with Crippen molar-refractivity contribution >= 4 is 11.9 Å². The van der Waals surface area contributed by atoms with Crippen molar-refractivity contribution in [3.8, 4) is 0 Å². The molecule has 4 nitrogen and oxygen atoms in total. The molecule has 4 fully saturated rings. The predicted molar refractivity (Wildman–Crippen MR) is 95.9 cm³/mol. The normalized spacial score (nSPS) is 48.0. The summed E-state index contributed by atoms with van der Waals surface area (Å²) in [6.45, 7) is 4.75. The molecular formula is C21H31NO3. The Morgan fingerprint density at radius 1 is 1.12 bits per heavy atom. The summed E-state index contributed by atoms with van der Waals surface area (Å²) in [7, 11) is 2.00. The van der Waals surface area contributed by atoms with Crippen LogP contribution in [0.3, 0.4) is 0 Å². The van der Waals surface area contributed by atoms with Crippen LogP contribution in [0.25, 0.3) is 0 Å². The van der Waals surface area contributed by atoms with E-state index in [1.807, 2.05) is 11.9 Å². The number of fused-ring (bicyclic) bond motifs is 5. The highest BCUT2D eigenvalue weighted by atomic mass is 16.4. The fraction of sp³-hybridized carbons (Fsp3) is 0.810. The molecule has 1 aliphatic heterocycles. The number of carboxylic acid groups (broad SMARTS) is 1. The Labute approximate surface area is 150 Å². The van der Waals surface area contributed by atoms with Crippen LogP contribution in [0.15, 0.2) is 11.6 Å². The quantitative estimate of drug-likeness (QED) is 0.734. The molecule has 0 spiro atoms. The van der Waals surface area contributed by atoms with Gasteiger partial charge >= 0.3 is 5.97 Å². The van der Waals surface area contributed by atoms with E-state index in [0.717, 1.165) is 32.1 Å². The lowest BCUT2D eigenvalue weighted by atomic mass is 9.47. The zero-order valence-corrected chi connectivity index (χ0v) is 15.8. The number of carbonyl (C=O) groups is 2. The summed E-state index contributed by atoms with van der Waals surface area (Å²) in [5.41, 5.74) is 1.50. The summed E-state index contributed by atoms with van der Waals surface area (Å²) in [5, 5.41) is 9.25. The Morgan fingerprint density at radius 2 is 1.88 bits per heavy atom. The van der Waals surface area contributed by atoms with Gasteiger partial charge in [0.2, 0.25) is 5.91 Å². The third-order valence-corrected chi connectivity index (χ3v) is 8.70. The lowest BCUT2D eigenvalue weighted by molar-refractivity contribution is -0.156. The highest BCUT2D eigenvalue weighted by Gasteiger charge is 2.60. The van der Waals surface area contributed by atoms with E-state index in [1.54, 1.807) is 0 Å². The minimum Gasteiger partial charge on any atom is -0.478 e. The van der Waals surface area contributed by atoms with Gasteiger partial charge in [-0.3, -0.25) is 4.79 Å². The van der Waals surface area contributed by atoms with E-state index in [2.05, 4.69) is 13.8 Å². The molecule has 0 aromatic heterocycles. The molecule has 6 unspecified atom stereocenters.